The van der Waals surface area contributed by atoms with E-state index in [-0.39, 0.29) is 5.54 Å². The van der Waals surface area contributed by atoms with Gasteiger partial charge in [-0.1, -0.05) is 0 Å². The standard InChI is InChI=1S/C13H19NO3S/c1-17-12-4-3-11(18(2,15)16)9-10(12)5-6-13(14)7-8-13/h3-4,9H,5-8,14H2,1-2H3. The average molecular weight is 269 g/mol. The molecule has 18 heavy (non-hydrogen) atoms. The highest BCUT2D eigenvalue weighted by molar-refractivity contribution is 7.90. The Hall–Kier alpha value is -1.07. The molecule has 0 heterocycles. The Kier molecular flexibility index (Phi) is 3.38. The Morgan fingerprint density at radius 2 is 2.06 bits per heavy atom. The maximum absolute atomic E-state index is 11.5. The zero-order valence-corrected chi connectivity index (χ0v) is 11.6. The van der Waals surface area contributed by atoms with Gasteiger partial charge in [-0.15, -0.1) is 0 Å². The van der Waals surface area contributed by atoms with E-state index in [1.807, 2.05) is 0 Å². The molecule has 1 aromatic rings. The van der Waals surface area contributed by atoms with Crippen LogP contribution in [-0.4, -0.2) is 27.3 Å². The molecule has 1 aromatic carbocycles. The summed E-state index contributed by atoms with van der Waals surface area (Å²) in [5, 5.41) is 0. The molecule has 0 atom stereocenters. The Bertz CT molecular complexity index is 547. The smallest absolute Gasteiger partial charge is 0.175 e. The van der Waals surface area contributed by atoms with Crippen molar-refractivity contribution < 1.29 is 13.2 Å². The van der Waals surface area contributed by atoms with Crippen LogP contribution in [0.5, 0.6) is 5.75 Å². The highest BCUT2D eigenvalue weighted by Gasteiger charge is 2.37. The van der Waals surface area contributed by atoms with Crippen molar-refractivity contribution in [2.24, 2.45) is 5.73 Å². The molecule has 1 saturated carbocycles. The topological polar surface area (TPSA) is 69.4 Å². The maximum Gasteiger partial charge on any atom is 0.175 e. The first-order valence-electron chi connectivity index (χ1n) is 6.00. The fourth-order valence-corrected chi connectivity index (χ4v) is 2.65. The van der Waals surface area contributed by atoms with Gasteiger partial charge in [0.1, 0.15) is 5.75 Å². The molecule has 1 aliphatic rings. The minimum absolute atomic E-state index is 0.0356. The van der Waals surface area contributed by atoms with Crippen LogP contribution in [-0.2, 0) is 16.3 Å². The molecule has 0 aliphatic heterocycles. The van der Waals surface area contributed by atoms with E-state index in [4.69, 9.17) is 10.5 Å². The van der Waals surface area contributed by atoms with Gasteiger partial charge >= 0.3 is 0 Å². The average Bonchev–Trinajstić information content (AvgIpc) is 3.04. The number of ether oxygens (including phenoxy) is 1. The second kappa shape index (κ2) is 4.55. The molecule has 1 fully saturated rings. The quantitative estimate of drug-likeness (QED) is 0.880. The third kappa shape index (κ3) is 3.03. The van der Waals surface area contributed by atoms with Crippen molar-refractivity contribution in [3.05, 3.63) is 23.8 Å². The molecule has 0 aromatic heterocycles. The number of hydrogen-bond acceptors (Lipinski definition) is 4. The molecule has 0 unspecified atom stereocenters. The Labute approximate surface area is 108 Å². The van der Waals surface area contributed by atoms with Crippen molar-refractivity contribution in [1.82, 2.24) is 0 Å². The van der Waals surface area contributed by atoms with Gasteiger partial charge in [-0.05, 0) is 49.4 Å². The van der Waals surface area contributed by atoms with Gasteiger partial charge in [0, 0.05) is 11.8 Å². The van der Waals surface area contributed by atoms with Gasteiger partial charge in [-0.3, -0.25) is 0 Å². The molecular weight excluding hydrogens is 250 g/mol. The number of nitrogens with two attached hydrogens (primary N) is 1. The third-order valence-electron chi connectivity index (χ3n) is 3.46. The van der Waals surface area contributed by atoms with Crippen molar-refractivity contribution in [3.8, 4) is 5.75 Å². The van der Waals surface area contributed by atoms with Crippen LogP contribution in [0.25, 0.3) is 0 Å². The van der Waals surface area contributed by atoms with E-state index in [0.29, 0.717) is 4.90 Å². The first-order chi connectivity index (χ1) is 8.34. The molecule has 0 amide bonds. The van der Waals surface area contributed by atoms with Crippen LogP contribution in [0, 0.1) is 0 Å². The first kappa shape index (κ1) is 13.4. The minimum Gasteiger partial charge on any atom is -0.496 e. The molecule has 0 saturated heterocycles. The number of rotatable bonds is 5. The fourth-order valence-electron chi connectivity index (χ4n) is 1.98. The summed E-state index contributed by atoms with van der Waals surface area (Å²) in [5.41, 5.74) is 6.93. The van der Waals surface area contributed by atoms with Crippen molar-refractivity contribution in [1.29, 1.82) is 0 Å². The van der Waals surface area contributed by atoms with E-state index in [2.05, 4.69) is 0 Å². The van der Waals surface area contributed by atoms with Crippen LogP contribution >= 0.6 is 0 Å². The van der Waals surface area contributed by atoms with Crippen LogP contribution in [0.3, 0.4) is 0 Å². The number of aryl methyl sites for hydroxylation is 1. The molecular formula is C13H19NO3S. The minimum atomic E-state index is -3.18. The Morgan fingerprint density at radius 3 is 2.56 bits per heavy atom. The number of sulfone groups is 1. The summed E-state index contributed by atoms with van der Waals surface area (Å²) in [6.07, 6.45) is 4.95. The number of methoxy groups -OCH3 is 1. The van der Waals surface area contributed by atoms with Crippen LogP contribution in [0.4, 0.5) is 0 Å². The molecule has 0 radical (unpaired) electrons. The van der Waals surface area contributed by atoms with Gasteiger partial charge in [-0.2, -0.15) is 0 Å². The van der Waals surface area contributed by atoms with Crippen molar-refractivity contribution in [2.75, 3.05) is 13.4 Å². The number of benzene rings is 1. The lowest BCUT2D eigenvalue weighted by molar-refractivity contribution is 0.407. The van der Waals surface area contributed by atoms with E-state index >= 15 is 0 Å². The normalized spacial score (nSPS) is 17.5. The van der Waals surface area contributed by atoms with Crippen molar-refractivity contribution in [3.63, 3.8) is 0 Å². The van der Waals surface area contributed by atoms with Gasteiger partial charge in [0.25, 0.3) is 0 Å². The summed E-state index contributed by atoms with van der Waals surface area (Å²) < 4.78 is 28.3. The van der Waals surface area contributed by atoms with Crippen LogP contribution in [0.15, 0.2) is 23.1 Å². The molecule has 100 valence electrons. The second-order valence-electron chi connectivity index (χ2n) is 5.11. The molecule has 5 heteroatoms. The fraction of sp³-hybridized carbons (Fsp3) is 0.538. The monoisotopic (exact) mass is 269 g/mol. The van der Waals surface area contributed by atoms with Gasteiger partial charge in [0.15, 0.2) is 9.84 Å². The molecule has 4 nitrogen and oxygen atoms in total. The van der Waals surface area contributed by atoms with E-state index in [1.165, 1.54) is 6.26 Å². The second-order valence-corrected chi connectivity index (χ2v) is 7.12. The van der Waals surface area contributed by atoms with Gasteiger partial charge in [0.2, 0.25) is 0 Å². The molecule has 2 rings (SSSR count). The molecule has 2 N–H and O–H groups in total. The predicted octanol–water partition coefficient (Wildman–Crippen LogP) is 1.52. The van der Waals surface area contributed by atoms with E-state index in [0.717, 1.165) is 37.0 Å². The molecule has 1 aliphatic carbocycles. The summed E-state index contributed by atoms with van der Waals surface area (Å²) in [6, 6.07) is 4.98. The number of hydrogen-bond donors (Lipinski definition) is 1. The maximum atomic E-state index is 11.5. The zero-order valence-electron chi connectivity index (χ0n) is 10.8. The Balaban J connectivity index is 2.24. The third-order valence-corrected chi connectivity index (χ3v) is 4.57. The highest BCUT2D eigenvalue weighted by atomic mass is 32.2. The predicted molar refractivity (Wildman–Crippen MR) is 70.6 cm³/mol. The van der Waals surface area contributed by atoms with E-state index in [9.17, 15) is 8.42 Å². The van der Waals surface area contributed by atoms with Crippen LogP contribution in [0.1, 0.15) is 24.8 Å². The zero-order chi connectivity index (χ0) is 13.4. The summed E-state index contributed by atoms with van der Waals surface area (Å²) in [6.45, 7) is 0. The largest absolute Gasteiger partial charge is 0.496 e. The van der Waals surface area contributed by atoms with E-state index < -0.39 is 9.84 Å². The molecule has 0 bridgehead atoms. The van der Waals surface area contributed by atoms with Crippen LogP contribution in [0.2, 0.25) is 0 Å². The van der Waals surface area contributed by atoms with Gasteiger partial charge in [-0.25, -0.2) is 8.42 Å². The summed E-state index contributed by atoms with van der Waals surface area (Å²) in [4.78, 5) is 0.333. The van der Waals surface area contributed by atoms with Gasteiger partial charge in [0.05, 0.1) is 12.0 Å². The molecule has 0 spiro atoms. The van der Waals surface area contributed by atoms with Gasteiger partial charge < -0.3 is 10.5 Å². The summed E-state index contributed by atoms with van der Waals surface area (Å²) in [7, 11) is -1.58. The van der Waals surface area contributed by atoms with Crippen molar-refractivity contribution in [2.45, 2.75) is 36.1 Å². The van der Waals surface area contributed by atoms with E-state index in [1.54, 1.807) is 25.3 Å². The lowest BCUT2D eigenvalue weighted by Crippen LogP contribution is -2.22. The first-order valence-corrected chi connectivity index (χ1v) is 7.89. The summed E-state index contributed by atoms with van der Waals surface area (Å²) >= 11 is 0. The van der Waals surface area contributed by atoms with Crippen LogP contribution < -0.4 is 10.5 Å². The lowest BCUT2D eigenvalue weighted by Gasteiger charge is -2.12. The summed E-state index contributed by atoms with van der Waals surface area (Å²) in [5.74, 6) is 0.728. The lowest BCUT2D eigenvalue weighted by atomic mass is 10.0. The SMILES string of the molecule is COc1ccc(S(C)(=O)=O)cc1CCC1(N)CC1. The highest BCUT2D eigenvalue weighted by Crippen LogP contribution is 2.37. The Morgan fingerprint density at radius 1 is 1.39 bits per heavy atom. The van der Waals surface area contributed by atoms with Crippen molar-refractivity contribution >= 4 is 9.84 Å².